The third-order valence-electron chi connectivity index (χ3n) is 3.32. The van der Waals surface area contributed by atoms with Gasteiger partial charge in [0.15, 0.2) is 0 Å². The molecule has 3 aromatic rings. The molecule has 3 rings (SSSR count). The number of carbonyl (C=O) groups excluding carboxylic acids is 2. The van der Waals surface area contributed by atoms with Crippen LogP contribution in [0, 0.1) is 13.8 Å². The minimum atomic E-state index is -0.406. The highest BCUT2D eigenvalue weighted by atomic mass is 32.1. The number of aromatic nitrogens is 4. The first-order chi connectivity index (χ1) is 11.5. The molecule has 0 unspecified atom stereocenters. The van der Waals surface area contributed by atoms with Crippen molar-refractivity contribution in [2.75, 3.05) is 0 Å². The van der Waals surface area contributed by atoms with Crippen LogP contribution in [0.25, 0.3) is 5.69 Å². The molecule has 122 valence electrons. The molecule has 0 fully saturated rings. The number of hydrogen-bond acceptors (Lipinski definition) is 6. The Hall–Kier alpha value is -3.07. The highest BCUT2D eigenvalue weighted by Crippen LogP contribution is 2.20. The van der Waals surface area contributed by atoms with Gasteiger partial charge in [0.2, 0.25) is 0 Å². The summed E-state index contributed by atoms with van der Waals surface area (Å²) in [5, 5.41) is 10.9. The lowest BCUT2D eigenvalue weighted by atomic mass is 10.2. The molecule has 2 amide bonds. The molecule has 0 aliphatic heterocycles. The molecule has 0 atom stereocenters. The van der Waals surface area contributed by atoms with Gasteiger partial charge in [-0.3, -0.25) is 20.4 Å². The van der Waals surface area contributed by atoms with Crippen LogP contribution in [-0.2, 0) is 0 Å². The lowest BCUT2D eigenvalue weighted by molar-refractivity contribution is 0.0846. The van der Waals surface area contributed by atoms with Gasteiger partial charge in [0.25, 0.3) is 11.8 Å². The molecule has 2 aromatic heterocycles. The second-order valence-electron chi connectivity index (χ2n) is 5.04. The van der Waals surface area contributed by atoms with Gasteiger partial charge in [-0.1, -0.05) is 0 Å². The maximum Gasteiger partial charge on any atom is 0.270 e. The van der Waals surface area contributed by atoms with E-state index in [0.29, 0.717) is 11.1 Å². The molecule has 0 saturated carbocycles. The number of nitrogens with zero attached hydrogens (tertiary/aromatic N) is 4. The Balaban J connectivity index is 1.63. The molecular weight excluding hydrogens is 328 g/mol. The number of aryl methyl sites for hydroxylation is 2. The lowest BCUT2D eigenvalue weighted by Gasteiger charge is -2.07. The quantitative estimate of drug-likeness (QED) is 0.701. The maximum atomic E-state index is 12.1. The average Bonchev–Trinajstić information content (AvgIpc) is 3.22. The van der Waals surface area contributed by atoms with Crippen LogP contribution >= 0.6 is 11.3 Å². The summed E-state index contributed by atoms with van der Waals surface area (Å²) in [7, 11) is 0. The Morgan fingerprint density at radius 3 is 2.38 bits per heavy atom. The normalized spacial score (nSPS) is 10.4. The summed E-state index contributed by atoms with van der Waals surface area (Å²) in [5.74, 6) is -0.744. The summed E-state index contributed by atoms with van der Waals surface area (Å²) in [6, 6.07) is 8.46. The van der Waals surface area contributed by atoms with Crippen molar-refractivity contribution < 1.29 is 9.59 Å². The zero-order chi connectivity index (χ0) is 17.1. The summed E-state index contributed by atoms with van der Waals surface area (Å²) in [5.41, 5.74) is 6.53. The molecule has 8 nitrogen and oxygen atoms in total. The highest BCUT2D eigenvalue weighted by molar-refractivity contribution is 7.12. The molecule has 2 heterocycles. The SMILES string of the molecule is Cc1cc(C(=O)NNC(=O)c2ccc(-n3cnnn3)cc2)c(C)s1. The number of tetrazole rings is 1. The Morgan fingerprint density at radius 2 is 1.79 bits per heavy atom. The molecular formula is C15H14N6O2S. The van der Waals surface area contributed by atoms with Crippen LogP contribution < -0.4 is 10.9 Å². The largest absolute Gasteiger partial charge is 0.270 e. The number of hydrazine groups is 1. The molecule has 24 heavy (non-hydrogen) atoms. The molecule has 0 spiro atoms. The Bertz CT molecular complexity index is 870. The minimum Gasteiger partial charge on any atom is -0.267 e. The molecule has 1 aromatic carbocycles. The van der Waals surface area contributed by atoms with E-state index in [2.05, 4.69) is 26.4 Å². The average molecular weight is 342 g/mol. The van der Waals surface area contributed by atoms with Gasteiger partial charge in [-0.25, -0.2) is 4.68 Å². The van der Waals surface area contributed by atoms with Gasteiger partial charge in [0, 0.05) is 15.3 Å². The van der Waals surface area contributed by atoms with Gasteiger partial charge in [-0.15, -0.1) is 16.4 Å². The van der Waals surface area contributed by atoms with E-state index in [9.17, 15) is 9.59 Å². The number of amides is 2. The van der Waals surface area contributed by atoms with Crippen molar-refractivity contribution in [1.29, 1.82) is 0 Å². The lowest BCUT2D eigenvalue weighted by Crippen LogP contribution is -2.41. The molecule has 2 N–H and O–H groups in total. The van der Waals surface area contributed by atoms with Crippen molar-refractivity contribution >= 4 is 23.2 Å². The smallest absolute Gasteiger partial charge is 0.267 e. The van der Waals surface area contributed by atoms with Crippen LogP contribution in [-0.4, -0.2) is 32.0 Å². The first-order valence-electron chi connectivity index (χ1n) is 7.06. The first-order valence-corrected chi connectivity index (χ1v) is 7.87. The first kappa shape index (κ1) is 15.8. The van der Waals surface area contributed by atoms with Crippen LogP contribution in [0.1, 0.15) is 30.5 Å². The van der Waals surface area contributed by atoms with E-state index in [4.69, 9.17) is 0 Å². The van der Waals surface area contributed by atoms with E-state index >= 15 is 0 Å². The number of nitrogens with one attached hydrogen (secondary N) is 2. The number of thiophene rings is 1. The Kier molecular flexibility index (Phi) is 4.34. The molecule has 9 heteroatoms. The zero-order valence-corrected chi connectivity index (χ0v) is 13.8. The number of carbonyl (C=O) groups is 2. The van der Waals surface area contributed by atoms with Crippen LogP contribution in [0.5, 0.6) is 0 Å². The van der Waals surface area contributed by atoms with Crippen LogP contribution in [0.2, 0.25) is 0 Å². The van der Waals surface area contributed by atoms with E-state index in [0.717, 1.165) is 15.4 Å². The summed E-state index contributed by atoms with van der Waals surface area (Å²) >= 11 is 1.54. The van der Waals surface area contributed by atoms with E-state index in [-0.39, 0.29) is 5.91 Å². The van der Waals surface area contributed by atoms with Crippen molar-refractivity contribution in [1.82, 2.24) is 31.1 Å². The van der Waals surface area contributed by atoms with Crippen molar-refractivity contribution in [2.24, 2.45) is 0 Å². The summed E-state index contributed by atoms with van der Waals surface area (Å²) in [6.07, 6.45) is 1.46. The third kappa shape index (κ3) is 3.30. The van der Waals surface area contributed by atoms with Gasteiger partial charge >= 0.3 is 0 Å². The number of hydrogen-bond donors (Lipinski definition) is 2. The Labute approximate surface area is 141 Å². The molecule has 0 aliphatic rings. The van der Waals surface area contributed by atoms with Crippen LogP contribution in [0.15, 0.2) is 36.7 Å². The number of benzene rings is 1. The van der Waals surface area contributed by atoms with Gasteiger partial charge < -0.3 is 0 Å². The van der Waals surface area contributed by atoms with E-state index in [1.807, 2.05) is 13.8 Å². The van der Waals surface area contributed by atoms with E-state index in [1.165, 1.54) is 22.3 Å². The predicted molar refractivity (Wildman–Crippen MR) is 87.9 cm³/mol. The van der Waals surface area contributed by atoms with Crippen molar-refractivity contribution in [3.8, 4) is 5.69 Å². The second-order valence-corrected chi connectivity index (χ2v) is 6.50. The van der Waals surface area contributed by atoms with Gasteiger partial charge in [0.05, 0.1) is 11.3 Å². The summed E-state index contributed by atoms with van der Waals surface area (Å²) < 4.78 is 1.48. The summed E-state index contributed by atoms with van der Waals surface area (Å²) in [6.45, 7) is 3.80. The molecule has 0 bridgehead atoms. The Morgan fingerprint density at radius 1 is 1.08 bits per heavy atom. The van der Waals surface area contributed by atoms with E-state index in [1.54, 1.807) is 30.3 Å². The number of rotatable bonds is 3. The van der Waals surface area contributed by atoms with Gasteiger partial charge in [0.1, 0.15) is 6.33 Å². The second kappa shape index (κ2) is 6.59. The standard InChI is InChI=1S/C15H14N6O2S/c1-9-7-13(10(2)24-9)15(23)18-17-14(22)11-3-5-12(6-4-11)21-8-16-19-20-21/h3-8H,1-2H3,(H,17,22)(H,18,23). The summed E-state index contributed by atoms with van der Waals surface area (Å²) in [4.78, 5) is 26.1. The predicted octanol–water partition coefficient (Wildman–Crippen LogP) is 1.42. The van der Waals surface area contributed by atoms with Crippen LogP contribution in [0.4, 0.5) is 0 Å². The van der Waals surface area contributed by atoms with Crippen molar-refractivity contribution in [3.63, 3.8) is 0 Å². The minimum absolute atomic E-state index is 0.337. The van der Waals surface area contributed by atoms with Crippen molar-refractivity contribution in [3.05, 3.63) is 57.5 Å². The fourth-order valence-electron chi connectivity index (χ4n) is 2.15. The van der Waals surface area contributed by atoms with Crippen LogP contribution in [0.3, 0.4) is 0 Å². The third-order valence-corrected chi connectivity index (χ3v) is 4.28. The zero-order valence-electron chi connectivity index (χ0n) is 13.0. The molecule has 0 aliphatic carbocycles. The topological polar surface area (TPSA) is 102 Å². The van der Waals surface area contributed by atoms with Crippen molar-refractivity contribution in [2.45, 2.75) is 13.8 Å². The van der Waals surface area contributed by atoms with Gasteiger partial charge in [-0.2, -0.15) is 0 Å². The maximum absolute atomic E-state index is 12.1. The molecule has 0 radical (unpaired) electrons. The molecule has 0 saturated heterocycles. The monoisotopic (exact) mass is 342 g/mol. The fourth-order valence-corrected chi connectivity index (χ4v) is 3.08. The van der Waals surface area contributed by atoms with E-state index < -0.39 is 5.91 Å². The highest BCUT2D eigenvalue weighted by Gasteiger charge is 2.13. The van der Waals surface area contributed by atoms with Gasteiger partial charge in [-0.05, 0) is 54.6 Å². The fraction of sp³-hybridized carbons (Fsp3) is 0.133.